The van der Waals surface area contributed by atoms with E-state index in [2.05, 4.69) is 10.6 Å². The number of anilines is 2. The van der Waals surface area contributed by atoms with Gasteiger partial charge in [-0.3, -0.25) is 4.79 Å². The van der Waals surface area contributed by atoms with Crippen molar-refractivity contribution in [2.75, 3.05) is 23.7 Å². The molecule has 1 aliphatic heterocycles. The Hall–Kier alpha value is -3.03. The van der Waals surface area contributed by atoms with E-state index in [-0.39, 0.29) is 23.5 Å². The molecule has 0 bridgehead atoms. The van der Waals surface area contributed by atoms with E-state index in [0.29, 0.717) is 31.6 Å². The van der Waals surface area contributed by atoms with Crippen LogP contribution < -0.4 is 10.6 Å². The summed E-state index contributed by atoms with van der Waals surface area (Å²) in [4.78, 5) is 26.3. The Bertz CT molecular complexity index is 832. The van der Waals surface area contributed by atoms with E-state index >= 15 is 0 Å². The minimum Gasteiger partial charge on any atom is -0.326 e. The fourth-order valence-corrected chi connectivity index (χ4v) is 3.09. The number of nitrogens with one attached hydrogen (secondary N) is 2. The average Bonchev–Trinajstić information content (AvgIpc) is 2.68. The number of likely N-dealkylation sites (tertiary alicyclic amines) is 1. The van der Waals surface area contributed by atoms with Gasteiger partial charge < -0.3 is 15.5 Å². The highest BCUT2D eigenvalue weighted by Crippen LogP contribution is 2.31. The lowest BCUT2D eigenvalue weighted by atomic mass is 9.96. The quantitative estimate of drug-likeness (QED) is 0.804. The van der Waals surface area contributed by atoms with Crippen LogP contribution in [0.5, 0.6) is 0 Å². The molecule has 1 aliphatic rings. The minimum atomic E-state index is -4.46. The van der Waals surface area contributed by atoms with Gasteiger partial charge in [0, 0.05) is 30.4 Å². The van der Waals surface area contributed by atoms with Crippen molar-refractivity contribution in [3.63, 3.8) is 0 Å². The summed E-state index contributed by atoms with van der Waals surface area (Å²) in [5.41, 5.74) is -0.00121. The van der Waals surface area contributed by atoms with Gasteiger partial charge >= 0.3 is 12.2 Å². The van der Waals surface area contributed by atoms with E-state index in [9.17, 15) is 22.8 Å². The van der Waals surface area contributed by atoms with Crippen LogP contribution in [-0.2, 0) is 11.0 Å². The first-order chi connectivity index (χ1) is 13.3. The summed E-state index contributed by atoms with van der Waals surface area (Å²) in [6, 6.07) is 13.4. The van der Waals surface area contributed by atoms with Crippen molar-refractivity contribution in [3.8, 4) is 0 Å². The van der Waals surface area contributed by atoms with Crippen molar-refractivity contribution < 1.29 is 22.8 Å². The lowest BCUT2D eigenvalue weighted by molar-refractivity contribution is -0.137. The zero-order chi connectivity index (χ0) is 20.1. The largest absolute Gasteiger partial charge is 0.416 e. The molecule has 1 fully saturated rings. The molecule has 0 aliphatic carbocycles. The third-order valence-corrected chi connectivity index (χ3v) is 4.64. The van der Waals surface area contributed by atoms with E-state index < -0.39 is 11.7 Å². The third-order valence-electron chi connectivity index (χ3n) is 4.64. The number of piperidine rings is 1. The number of rotatable bonds is 3. The summed E-state index contributed by atoms with van der Waals surface area (Å²) in [5.74, 6) is -0.683. The van der Waals surface area contributed by atoms with Crippen LogP contribution in [-0.4, -0.2) is 29.9 Å². The number of para-hydroxylation sites is 1. The Morgan fingerprint density at radius 3 is 2.18 bits per heavy atom. The summed E-state index contributed by atoms with van der Waals surface area (Å²) in [7, 11) is 0. The number of carbonyl (C=O) groups is 2. The molecule has 1 saturated heterocycles. The molecule has 2 aromatic rings. The first-order valence-corrected chi connectivity index (χ1v) is 8.92. The van der Waals surface area contributed by atoms with Crippen molar-refractivity contribution in [1.82, 2.24) is 4.90 Å². The Balaban J connectivity index is 1.52. The highest BCUT2D eigenvalue weighted by molar-refractivity contribution is 5.93. The zero-order valence-corrected chi connectivity index (χ0v) is 15.0. The van der Waals surface area contributed by atoms with E-state index in [1.807, 2.05) is 18.2 Å². The summed E-state index contributed by atoms with van der Waals surface area (Å²) in [6.07, 6.45) is -3.56. The molecular formula is C20H20F3N3O2. The normalized spacial score (nSPS) is 15.2. The number of benzene rings is 2. The maximum absolute atomic E-state index is 12.8. The molecular weight excluding hydrogens is 371 g/mol. The van der Waals surface area contributed by atoms with Crippen LogP contribution in [0.25, 0.3) is 0 Å². The summed E-state index contributed by atoms with van der Waals surface area (Å²) < 4.78 is 38.3. The van der Waals surface area contributed by atoms with Crippen LogP contribution in [0.1, 0.15) is 18.4 Å². The molecule has 0 aromatic heterocycles. The number of carbonyl (C=O) groups excluding carboxylic acids is 2. The Kier molecular flexibility index (Phi) is 5.87. The lowest BCUT2D eigenvalue weighted by Gasteiger charge is -2.31. The average molecular weight is 391 g/mol. The number of hydrogen-bond acceptors (Lipinski definition) is 2. The highest BCUT2D eigenvalue weighted by atomic mass is 19.4. The first-order valence-electron chi connectivity index (χ1n) is 8.92. The number of amides is 3. The summed E-state index contributed by atoms with van der Waals surface area (Å²) in [5, 5.41) is 5.35. The van der Waals surface area contributed by atoms with Gasteiger partial charge in [0.25, 0.3) is 0 Å². The van der Waals surface area contributed by atoms with Gasteiger partial charge in [0.05, 0.1) is 5.56 Å². The minimum absolute atomic E-state index is 0.115. The molecule has 2 N–H and O–H groups in total. The predicted molar refractivity (Wildman–Crippen MR) is 99.8 cm³/mol. The smallest absolute Gasteiger partial charge is 0.326 e. The summed E-state index contributed by atoms with van der Waals surface area (Å²) >= 11 is 0. The molecule has 3 amide bonds. The second-order valence-corrected chi connectivity index (χ2v) is 6.63. The number of alkyl halides is 3. The second kappa shape index (κ2) is 8.33. The SMILES string of the molecule is O=C(Nc1cccc(C(F)(F)F)c1)C1CCN(C(=O)Nc2ccccc2)CC1. The molecule has 3 rings (SSSR count). The van der Waals surface area contributed by atoms with E-state index in [0.717, 1.165) is 12.1 Å². The van der Waals surface area contributed by atoms with Crippen LogP contribution in [0, 0.1) is 5.92 Å². The van der Waals surface area contributed by atoms with Gasteiger partial charge in [0.1, 0.15) is 0 Å². The topological polar surface area (TPSA) is 61.4 Å². The van der Waals surface area contributed by atoms with Crippen molar-refractivity contribution in [1.29, 1.82) is 0 Å². The first kappa shape index (κ1) is 19.7. The standard InChI is InChI=1S/C20H20F3N3O2/c21-20(22,23)15-5-4-8-17(13-15)24-18(27)14-9-11-26(12-10-14)19(28)25-16-6-2-1-3-7-16/h1-8,13-14H,9-12H2,(H,24,27)(H,25,28). The molecule has 0 unspecified atom stereocenters. The maximum atomic E-state index is 12.8. The molecule has 5 nitrogen and oxygen atoms in total. The third kappa shape index (κ3) is 5.03. The molecule has 28 heavy (non-hydrogen) atoms. The van der Waals surface area contributed by atoms with Crippen LogP contribution in [0.2, 0.25) is 0 Å². The van der Waals surface area contributed by atoms with Gasteiger partial charge in [-0.25, -0.2) is 4.79 Å². The van der Waals surface area contributed by atoms with Crippen molar-refractivity contribution in [2.45, 2.75) is 19.0 Å². The zero-order valence-electron chi connectivity index (χ0n) is 15.0. The van der Waals surface area contributed by atoms with Gasteiger partial charge in [0.2, 0.25) is 5.91 Å². The summed E-state index contributed by atoms with van der Waals surface area (Å²) in [6.45, 7) is 0.804. The van der Waals surface area contributed by atoms with Crippen molar-refractivity contribution in [3.05, 3.63) is 60.2 Å². The molecule has 0 atom stereocenters. The molecule has 1 heterocycles. The Labute approximate surface area is 160 Å². The monoisotopic (exact) mass is 391 g/mol. The van der Waals surface area contributed by atoms with Crippen molar-refractivity contribution in [2.24, 2.45) is 5.92 Å². The second-order valence-electron chi connectivity index (χ2n) is 6.63. The number of nitrogens with zero attached hydrogens (tertiary/aromatic N) is 1. The molecule has 148 valence electrons. The Morgan fingerprint density at radius 2 is 1.54 bits per heavy atom. The van der Waals surface area contributed by atoms with Gasteiger partial charge in [-0.05, 0) is 43.2 Å². The predicted octanol–water partition coefficient (Wildman–Crippen LogP) is 4.59. The Morgan fingerprint density at radius 1 is 0.893 bits per heavy atom. The van der Waals surface area contributed by atoms with E-state index in [4.69, 9.17) is 0 Å². The fraction of sp³-hybridized carbons (Fsp3) is 0.300. The molecule has 0 saturated carbocycles. The highest BCUT2D eigenvalue weighted by Gasteiger charge is 2.31. The number of halogens is 3. The van der Waals surface area contributed by atoms with Gasteiger partial charge in [-0.2, -0.15) is 13.2 Å². The van der Waals surface area contributed by atoms with E-state index in [1.54, 1.807) is 17.0 Å². The number of hydrogen-bond donors (Lipinski definition) is 2. The molecule has 8 heteroatoms. The lowest BCUT2D eigenvalue weighted by Crippen LogP contribution is -2.43. The van der Waals surface area contributed by atoms with Crippen LogP contribution in [0.3, 0.4) is 0 Å². The van der Waals surface area contributed by atoms with Gasteiger partial charge in [0.15, 0.2) is 0 Å². The van der Waals surface area contributed by atoms with Gasteiger partial charge in [-0.15, -0.1) is 0 Å². The van der Waals surface area contributed by atoms with Crippen LogP contribution in [0.15, 0.2) is 54.6 Å². The molecule has 0 spiro atoms. The van der Waals surface area contributed by atoms with Crippen LogP contribution in [0.4, 0.5) is 29.3 Å². The van der Waals surface area contributed by atoms with Crippen molar-refractivity contribution >= 4 is 23.3 Å². The maximum Gasteiger partial charge on any atom is 0.416 e. The fourth-order valence-electron chi connectivity index (χ4n) is 3.09. The van der Waals surface area contributed by atoms with E-state index in [1.165, 1.54) is 12.1 Å². The molecule has 2 aromatic carbocycles. The van der Waals surface area contributed by atoms with Crippen LogP contribution >= 0.6 is 0 Å². The van der Waals surface area contributed by atoms with Gasteiger partial charge in [-0.1, -0.05) is 24.3 Å². The molecule has 0 radical (unpaired) electrons. The number of urea groups is 1.